The first kappa shape index (κ1) is 31.1. The van der Waals surface area contributed by atoms with Gasteiger partial charge in [-0.2, -0.15) is 0 Å². The van der Waals surface area contributed by atoms with E-state index in [-0.39, 0.29) is 17.5 Å². The number of hydrogen-bond donors (Lipinski definition) is 4. The van der Waals surface area contributed by atoms with Crippen molar-refractivity contribution in [2.45, 2.75) is 25.4 Å². The van der Waals surface area contributed by atoms with Gasteiger partial charge in [-0.05, 0) is 65.6 Å². The lowest BCUT2D eigenvalue weighted by Crippen LogP contribution is -2.54. The molecule has 2 heterocycles. The Balaban J connectivity index is 1.20. The molecular weight excluding hydrogens is 580 g/mol. The highest BCUT2D eigenvalue weighted by molar-refractivity contribution is 5.69. The molecule has 4 aromatic carbocycles. The molecule has 0 aliphatic carbocycles. The van der Waals surface area contributed by atoms with E-state index >= 15 is 0 Å². The van der Waals surface area contributed by atoms with Crippen LogP contribution in [0, 0.1) is 0 Å². The molecule has 1 fully saturated rings. The minimum absolute atomic E-state index is 0.166. The molecular formula is C36H40N6O4. The van der Waals surface area contributed by atoms with Crippen molar-refractivity contribution in [2.75, 3.05) is 42.6 Å². The number of imidazole rings is 1. The Morgan fingerprint density at radius 2 is 1.54 bits per heavy atom. The standard InChI is InChI=1S/C36H40N6O4/c37-45-17-13-32-24-40(15-16-42(32)31-7-4-8-33(43)22-31)30-11-9-27(10-12-30)29-19-26(20-34(44)21-29)23-41-25-39-36(35(41)14-18-46-38)28-5-2-1-3-6-28/h1-12,19-22,25,32,43-44H,13-18,23-24,37-38H2. The average molecular weight is 621 g/mol. The van der Waals surface area contributed by atoms with Crippen LogP contribution in [-0.4, -0.2) is 58.7 Å². The number of anilines is 2. The van der Waals surface area contributed by atoms with Crippen LogP contribution < -0.4 is 21.6 Å². The first-order chi connectivity index (χ1) is 22.5. The summed E-state index contributed by atoms with van der Waals surface area (Å²) in [5.41, 5.74) is 7.97. The minimum atomic E-state index is 0.166. The molecule has 1 aromatic heterocycles. The van der Waals surface area contributed by atoms with Crippen molar-refractivity contribution in [3.8, 4) is 33.9 Å². The molecule has 0 amide bonds. The Hall–Kier alpha value is -4.87. The molecule has 46 heavy (non-hydrogen) atoms. The average Bonchev–Trinajstić information content (AvgIpc) is 3.48. The van der Waals surface area contributed by atoms with Crippen molar-refractivity contribution < 1.29 is 19.9 Å². The third-order valence-electron chi connectivity index (χ3n) is 8.56. The van der Waals surface area contributed by atoms with Crippen molar-refractivity contribution in [2.24, 2.45) is 11.8 Å². The smallest absolute Gasteiger partial charge is 0.117 e. The summed E-state index contributed by atoms with van der Waals surface area (Å²) in [6.07, 6.45) is 3.20. The van der Waals surface area contributed by atoms with Gasteiger partial charge in [0.1, 0.15) is 11.5 Å². The molecule has 0 bridgehead atoms. The fourth-order valence-electron chi connectivity index (χ4n) is 6.34. The Kier molecular flexibility index (Phi) is 9.80. The molecule has 10 heteroatoms. The molecule has 5 aromatic rings. The van der Waals surface area contributed by atoms with Crippen LogP contribution in [0.3, 0.4) is 0 Å². The summed E-state index contributed by atoms with van der Waals surface area (Å²) in [4.78, 5) is 19.2. The molecule has 6 N–H and O–H groups in total. The van der Waals surface area contributed by atoms with Crippen LogP contribution in [0.5, 0.6) is 11.5 Å². The van der Waals surface area contributed by atoms with Crippen LogP contribution in [0.25, 0.3) is 22.4 Å². The molecule has 1 atom stereocenters. The Morgan fingerprint density at radius 3 is 2.30 bits per heavy atom. The van der Waals surface area contributed by atoms with E-state index < -0.39 is 0 Å². The van der Waals surface area contributed by atoms with Crippen molar-refractivity contribution in [3.63, 3.8) is 0 Å². The van der Waals surface area contributed by atoms with Crippen molar-refractivity contribution in [3.05, 3.63) is 115 Å². The maximum Gasteiger partial charge on any atom is 0.117 e. The second kappa shape index (κ2) is 14.5. The molecule has 1 unspecified atom stereocenters. The van der Waals surface area contributed by atoms with Gasteiger partial charge < -0.3 is 34.3 Å². The van der Waals surface area contributed by atoms with E-state index in [1.165, 1.54) is 0 Å². The van der Waals surface area contributed by atoms with Crippen molar-refractivity contribution >= 4 is 11.4 Å². The summed E-state index contributed by atoms with van der Waals surface area (Å²) >= 11 is 0. The second-order valence-corrected chi connectivity index (χ2v) is 11.6. The molecule has 6 rings (SSSR count). The molecule has 238 valence electrons. The summed E-state index contributed by atoms with van der Waals surface area (Å²) in [5.74, 6) is 11.2. The van der Waals surface area contributed by atoms with Gasteiger partial charge in [0.25, 0.3) is 0 Å². The lowest BCUT2D eigenvalue weighted by molar-refractivity contribution is 0.129. The van der Waals surface area contributed by atoms with Gasteiger partial charge in [-0.25, -0.2) is 16.8 Å². The predicted molar refractivity (Wildman–Crippen MR) is 180 cm³/mol. The van der Waals surface area contributed by atoms with Gasteiger partial charge in [0.15, 0.2) is 0 Å². The number of aromatic nitrogens is 2. The highest BCUT2D eigenvalue weighted by Crippen LogP contribution is 2.32. The third-order valence-corrected chi connectivity index (χ3v) is 8.56. The molecule has 0 radical (unpaired) electrons. The number of piperazine rings is 1. The summed E-state index contributed by atoms with van der Waals surface area (Å²) in [6, 6.07) is 31.8. The van der Waals surface area contributed by atoms with Gasteiger partial charge in [-0.1, -0.05) is 48.5 Å². The zero-order valence-electron chi connectivity index (χ0n) is 25.7. The monoisotopic (exact) mass is 620 g/mol. The number of aromatic hydroxyl groups is 2. The first-order valence-electron chi connectivity index (χ1n) is 15.5. The van der Waals surface area contributed by atoms with Crippen LogP contribution in [0.2, 0.25) is 0 Å². The number of phenols is 2. The molecule has 0 spiro atoms. The number of benzene rings is 4. The normalized spacial score (nSPS) is 15.0. The quantitative estimate of drug-likeness (QED) is 0.141. The Labute approximate surface area is 269 Å². The van der Waals surface area contributed by atoms with Crippen molar-refractivity contribution in [1.82, 2.24) is 9.55 Å². The molecule has 1 aliphatic rings. The van der Waals surface area contributed by atoms with E-state index in [9.17, 15) is 10.2 Å². The van der Waals surface area contributed by atoms with Gasteiger partial charge in [-0.3, -0.25) is 0 Å². The van der Waals surface area contributed by atoms with Gasteiger partial charge >= 0.3 is 0 Å². The van der Waals surface area contributed by atoms with Gasteiger partial charge in [0, 0.05) is 67.3 Å². The molecule has 1 aliphatic heterocycles. The van der Waals surface area contributed by atoms with Crippen molar-refractivity contribution in [1.29, 1.82) is 0 Å². The van der Waals surface area contributed by atoms with Crippen LogP contribution in [0.1, 0.15) is 17.7 Å². The number of rotatable bonds is 12. The lowest BCUT2D eigenvalue weighted by Gasteiger charge is -2.44. The van der Waals surface area contributed by atoms with Crippen LogP contribution >= 0.6 is 0 Å². The van der Waals surface area contributed by atoms with E-state index in [0.29, 0.717) is 26.2 Å². The van der Waals surface area contributed by atoms with Gasteiger partial charge in [0.05, 0.1) is 25.2 Å². The van der Waals surface area contributed by atoms with E-state index in [2.05, 4.69) is 44.7 Å². The molecule has 10 nitrogen and oxygen atoms in total. The fraction of sp³-hybridized carbons (Fsp3) is 0.250. The Bertz CT molecular complexity index is 1730. The largest absolute Gasteiger partial charge is 0.508 e. The summed E-state index contributed by atoms with van der Waals surface area (Å²) in [7, 11) is 0. The SMILES string of the molecule is NOCCc1c(-c2ccccc2)ncn1Cc1cc(O)cc(-c2ccc(N3CCN(c4cccc(O)c4)C(CCON)C3)cc2)c1. The van der Waals surface area contributed by atoms with E-state index in [1.807, 2.05) is 48.8 Å². The summed E-state index contributed by atoms with van der Waals surface area (Å²) in [6.45, 7) is 3.78. The van der Waals surface area contributed by atoms with E-state index in [4.69, 9.17) is 26.5 Å². The number of nitrogens with zero attached hydrogens (tertiary/aromatic N) is 4. The van der Waals surface area contributed by atoms with E-state index in [1.54, 1.807) is 24.3 Å². The highest BCUT2D eigenvalue weighted by atomic mass is 16.6. The number of hydrogen-bond acceptors (Lipinski definition) is 9. The number of phenolic OH excluding ortho intramolecular Hbond substituents is 2. The Morgan fingerprint density at radius 1 is 0.739 bits per heavy atom. The van der Waals surface area contributed by atoms with Gasteiger partial charge in [0.2, 0.25) is 0 Å². The topological polar surface area (TPSA) is 135 Å². The van der Waals surface area contributed by atoms with Crippen LogP contribution in [0.15, 0.2) is 103 Å². The number of nitrogens with two attached hydrogens (primary N) is 2. The maximum absolute atomic E-state index is 10.7. The van der Waals surface area contributed by atoms with Crippen LogP contribution in [-0.2, 0) is 22.6 Å². The molecule has 0 saturated carbocycles. The predicted octanol–water partition coefficient (Wildman–Crippen LogP) is 5.09. The summed E-state index contributed by atoms with van der Waals surface area (Å²) < 4.78 is 2.09. The molecule has 1 saturated heterocycles. The van der Waals surface area contributed by atoms with Gasteiger partial charge in [-0.15, -0.1) is 0 Å². The third kappa shape index (κ3) is 7.16. The zero-order chi connectivity index (χ0) is 31.9. The van der Waals surface area contributed by atoms with E-state index in [0.717, 1.165) is 71.1 Å². The first-order valence-corrected chi connectivity index (χ1v) is 15.5. The van der Waals surface area contributed by atoms with Crippen LogP contribution in [0.4, 0.5) is 11.4 Å². The fourth-order valence-corrected chi connectivity index (χ4v) is 6.34. The summed E-state index contributed by atoms with van der Waals surface area (Å²) in [5, 5.41) is 20.8. The highest BCUT2D eigenvalue weighted by Gasteiger charge is 2.27. The lowest BCUT2D eigenvalue weighted by atomic mass is 10.0. The zero-order valence-corrected chi connectivity index (χ0v) is 25.7. The second-order valence-electron chi connectivity index (χ2n) is 11.6. The maximum atomic E-state index is 10.7. The minimum Gasteiger partial charge on any atom is -0.508 e.